The van der Waals surface area contributed by atoms with Crippen LogP contribution in [0.25, 0.3) is 0 Å². The van der Waals surface area contributed by atoms with Crippen molar-refractivity contribution in [3.8, 4) is 6.07 Å². The molecule has 10 nitrogen and oxygen atoms in total. The number of piperidine rings is 1. The number of carbonyl (C=O) groups excluding carboxylic acids is 1. The highest BCUT2D eigenvalue weighted by Gasteiger charge is 2.48. The number of carbonyl (C=O) groups is 1. The van der Waals surface area contributed by atoms with Gasteiger partial charge in [-0.1, -0.05) is 0 Å². The van der Waals surface area contributed by atoms with Gasteiger partial charge >= 0.3 is 0 Å². The number of thioether (sulfide) groups is 1. The molecule has 36 heavy (non-hydrogen) atoms. The van der Waals surface area contributed by atoms with Crippen molar-refractivity contribution < 1.29 is 17.9 Å². The number of methoxy groups -OCH3 is 1. The first kappa shape index (κ1) is 28.1. The fraction of sp³-hybridized carbons (Fsp3) is 0.917. The minimum absolute atomic E-state index is 0.00949. The van der Waals surface area contributed by atoms with Gasteiger partial charge in [0.15, 0.2) is 0 Å². The van der Waals surface area contributed by atoms with Crippen LogP contribution in [0.2, 0.25) is 0 Å². The van der Waals surface area contributed by atoms with Gasteiger partial charge in [-0.15, -0.1) is 11.8 Å². The maximum absolute atomic E-state index is 13.5. The smallest absolute Gasteiger partial charge is 0.280 e. The molecule has 0 spiro atoms. The minimum Gasteiger partial charge on any atom is -0.381 e. The molecular formula is C24H42N6O4S2. The summed E-state index contributed by atoms with van der Waals surface area (Å²) in [4.78, 5) is 13.5. The van der Waals surface area contributed by atoms with Gasteiger partial charge < -0.3 is 15.4 Å². The molecule has 1 amide bonds. The average molecular weight is 543 g/mol. The second-order valence-corrected chi connectivity index (χ2v) is 14.9. The number of nitriles is 1. The van der Waals surface area contributed by atoms with Gasteiger partial charge in [-0.25, -0.2) is 0 Å². The fourth-order valence-corrected chi connectivity index (χ4v) is 9.46. The van der Waals surface area contributed by atoms with Crippen molar-refractivity contribution in [2.24, 2.45) is 23.7 Å². The Bertz CT molecular complexity index is 937. The van der Waals surface area contributed by atoms with Gasteiger partial charge in [-0.2, -0.15) is 22.7 Å². The third-order valence-electron chi connectivity index (χ3n) is 7.99. The van der Waals surface area contributed by atoms with Crippen LogP contribution >= 0.6 is 11.8 Å². The van der Waals surface area contributed by atoms with Crippen LogP contribution in [0.4, 0.5) is 0 Å². The molecule has 3 aliphatic heterocycles. The molecule has 12 heteroatoms. The normalized spacial score (nSPS) is 39.9. The highest BCUT2D eigenvalue weighted by atomic mass is 32.2. The first-order valence-corrected chi connectivity index (χ1v) is 15.4. The van der Waals surface area contributed by atoms with Gasteiger partial charge in [0.25, 0.3) is 10.2 Å². The number of hydrogen-bond donors (Lipinski definition) is 4. The summed E-state index contributed by atoms with van der Waals surface area (Å²) in [7, 11) is -1.82. The largest absolute Gasteiger partial charge is 0.381 e. The SMILES string of the molecule is COC1CCC(C#N)CC1C1CC(C)NCC1C(=O)NC1NC2CN(S(=O)(=O)NC(C)(C)C)CC2S1. The molecule has 4 fully saturated rings. The third-order valence-corrected chi connectivity index (χ3v) is 11.2. The second kappa shape index (κ2) is 11.0. The summed E-state index contributed by atoms with van der Waals surface area (Å²) >= 11 is 1.59. The Morgan fingerprint density at radius 2 is 1.94 bits per heavy atom. The van der Waals surface area contributed by atoms with Crippen LogP contribution in [0.5, 0.6) is 0 Å². The molecule has 0 aromatic heterocycles. The first-order chi connectivity index (χ1) is 16.9. The summed E-state index contributed by atoms with van der Waals surface area (Å²) in [6, 6.07) is 2.75. The molecule has 1 saturated carbocycles. The molecule has 3 saturated heterocycles. The minimum atomic E-state index is -3.56. The number of nitrogens with zero attached hydrogens (tertiary/aromatic N) is 2. The van der Waals surface area contributed by atoms with Crippen LogP contribution in [0, 0.1) is 35.0 Å². The Morgan fingerprint density at radius 1 is 1.19 bits per heavy atom. The van der Waals surface area contributed by atoms with Crippen LogP contribution in [0.1, 0.15) is 53.4 Å². The van der Waals surface area contributed by atoms with Gasteiger partial charge in [-0.3, -0.25) is 10.1 Å². The highest BCUT2D eigenvalue weighted by molar-refractivity contribution is 8.00. The molecule has 4 N–H and O–H groups in total. The lowest BCUT2D eigenvalue weighted by Crippen LogP contribution is -2.55. The topological polar surface area (TPSA) is 136 Å². The van der Waals surface area contributed by atoms with Gasteiger partial charge in [-0.05, 0) is 65.2 Å². The number of hydrogen-bond acceptors (Lipinski definition) is 8. The highest BCUT2D eigenvalue weighted by Crippen LogP contribution is 2.42. The van der Waals surface area contributed by atoms with E-state index in [1.165, 1.54) is 4.31 Å². The molecule has 9 unspecified atom stereocenters. The molecule has 4 aliphatic rings. The summed E-state index contributed by atoms with van der Waals surface area (Å²) in [5.41, 5.74) is -0.785. The molecule has 0 aromatic carbocycles. The van der Waals surface area contributed by atoms with E-state index in [4.69, 9.17) is 4.74 Å². The Hall–Kier alpha value is -0.940. The van der Waals surface area contributed by atoms with Gasteiger partial charge in [0.2, 0.25) is 5.91 Å². The van der Waals surface area contributed by atoms with E-state index in [1.807, 2.05) is 20.8 Å². The maximum atomic E-state index is 13.5. The average Bonchev–Trinajstić information content (AvgIpc) is 3.36. The first-order valence-electron chi connectivity index (χ1n) is 13.1. The zero-order valence-corrected chi connectivity index (χ0v) is 23.6. The monoisotopic (exact) mass is 542 g/mol. The van der Waals surface area contributed by atoms with Crippen LogP contribution in [0.15, 0.2) is 0 Å². The van der Waals surface area contributed by atoms with Crippen LogP contribution in [0.3, 0.4) is 0 Å². The molecular weight excluding hydrogens is 500 g/mol. The number of fused-ring (bicyclic) bond motifs is 1. The quantitative estimate of drug-likeness (QED) is 0.390. The van der Waals surface area contributed by atoms with Crippen molar-refractivity contribution in [3.63, 3.8) is 0 Å². The predicted octanol–water partition coefficient (Wildman–Crippen LogP) is 0.977. The van der Waals surface area contributed by atoms with E-state index in [9.17, 15) is 18.5 Å². The van der Waals surface area contributed by atoms with Crippen molar-refractivity contribution in [1.82, 2.24) is 25.0 Å². The third kappa shape index (κ3) is 6.37. The van der Waals surface area contributed by atoms with Gasteiger partial charge in [0.05, 0.1) is 18.1 Å². The molecule has 9 atom stereocenters. The van der Waals surface area contributed by atoms with Crippen molar-refractivity contribution in [1.29, 1.82) is 5.26 Å². The van der Waals surface area contributed by atoms with E-state index >= 15 is 0 Å². The van der Waals surface area contributed by atoms with E-state index < -0.39 is 15.7 Å². The van der Waals surface area contributed by atoms with Gasteiger partial charge in [0.1, 0.15) is 5.50 Å². The molecule has 0 aromatic rings. The van der Waals surface area contributed by atoms with Crippen molar-refractivity contribution >= 4 is 27.9 Å². The Labute approximate surface area is 220 Å². The van der Waals surface area contributed by atoms with Crippen LogP contribution < -0.4 is 20.7 Å². The lowest BCUT2D eigenvalue weighted by molar-refractivity contribution is -0.131. The lowest BCUT2D eigenvalue weighted by atomic mass is 9.66. The van der Waals surface area contributed by atoms with Crippen molar-refractivity contribution in [2.45, 2.75) is 87.9 Å². The Morgan fingerprint density at radius 3 is 2.58 bits per heavy atom. The van der Waals surface area contributed by atoms with Gasteiger partial charge in [0, 0.05) is 55.5 Å². The summed E-state index contributed by atoms with van der Waals surface area (Å²) in [6.45, 7) is 9.05. The predicted molar refractivity (Wildman–Crippen MR) is 140 cm³/mol. The summed E-state index contributed by atoms with van der Waals surface area (Å²) in [5.74, 6) is 0.173. The summed E-state index contributed by atoms with van der Waals surface area (Å²) in [6.07, 6.45) is 3.45. The van der Waals surface area contributed by atoms with Crippen molar-refractivity contribution in [2.75, 3.05) is 26.7 Å². The standard InChI is InChI=1S/C24H42N6O4S2/c1-14-8-16(17-9-15(10-25)6-7-20(17)34-5)18(11-26-14)22(31)28-23-27-19-12-30(13-21(19)35-23)36(32,33)29-24(2,3)4/h14-21,23,26-27,29H,6-9,11-13H2,1-5H3,(H,28,31). The summed E-state index contributed by atoms with van der Waals surface area (Å²) < 4.78 is 35.5. The van der Waals surface area contributed by atoms with E-state index in [0.717, 1.165) is 25.7 Å². The van der Waals surface area contributed by atoms with Crippen molar-refractivity contribution in [3.05, 3.63) is 0 Å². The molecule has 1 aliphatic carbocycles. The zero-order valence-electron chi connectivity index (χ0n) is 22.0. The number of amides is 1. The molecule has 3 heterocycles. The zero-order chi connectivity index (χ0) is 26.3. The Balaban J connectivity index is 1.37. The Kier molecular flexibility index (Phi) is 8.61. The van der Waals surface area contributed by atoms with E-state index in [2.05, 4.69) is 33.7 Å². The maximum Gasteiger partial charge on any atom is 0.280 e. The summed E-state index contributed by atoms with van der Waals surface area (Å²) in [5, 5.41) is 19.7. The number of rotatable bonds is 6. The fourth-order valence-electron chi connectivity index (χ4n) is 6.34. The molecule has 204 valence electrons. The number of ether oxygens (including phenoxy) is 1. The molecule has 0 bridgehead atoms. The van der Waals surface area contributed by atoms with Crippen LogP contribution in [-0.2, 0) is 19.7 Å². The second-order valence-electron chi connectivity index (χ2n) is 11.9. The van der Waals surface area contributed by atoms with E-state index in [-0.39, 0.29) is 52.5 Å². The van der Waals surface area contributed by atoms with Crippen LogP contribution in [-0.4, -0.2) is 79.8 Å². The molecule has 0 radical (unpaired) electrons. The lowest BCUT2D eigenvalue weighted by Gasteiger charge is -2.44. The molecule has 4 rings (SSSR count). The van der Waals surface area contributed by atoms with E-state index in [0.29, 0.717) is 25.7 Å². The number of nitrogens with one attached hydrogen (secondary N) is 4. The van der Waals surface area contributed by atoms with E-state index in [1.54, 1.807) is 18.9 Å².